The van der Waals surface area contributed by atoms with Gasteiger partial charge >= 0.3 is 0 Å². The Labute approximate surface area is 96.8 Å². The van der Waals surface area contributed by atoms with Gasteiger partial charge in [-0.25, -0.2) is 0 Å². The molecule has 0 fully saturated rings. The van der Waals surface area contributed by atoms with Crippen LogP contribution in [0, 0.1) is 0 Å². The molecule has 1 N–H and O–H groups in total. The molecule has 1 aromatic heterocycles. The van der Waals surface area contributed by atoms with Crippen molar-refractivity contribution in [3.8, 4) is 0 Å². The Kier molecular flexibility index (Phi) is 5.88. The summed E-state index contributed by atoms with van der Waals surface area (Å²) in [6.45, 7) is 8.17. The molecule has 5 nitrogen and oxygen atoms in total. The number of ether oxygens (including phenoxy) is 1. The van der Waals surface area contributed by atoms with Crippen LogP contribution in [0.4, 0.5) is 6.01 Å². The van der Waals surface area contributed by atoms with Crippen LogP contribution < -0.4 is 10.2 Å². The van der Waals surface area contributed by atoms with Gasteiger partial charge < -0.3 is 19.4 Å². The summed E-state index contributed by atoms with van der Waals surface area (Å²) < 4.78 is 10.5. The molecule has 16 heavy (non-hydrogen) atoms. The first-order valence-electron chi connectivity index (χ1n) is 5.70. The molecule has 92 valence electrons. The topological polar surface area (TPSA) is 50.5 Å². The van der Waals surface area contributed by atoms with Crippen molar-refractivity contribution in [2.75, 3.05) is 38.3 Å². The summed E-state index contributed by atoms with van der Waals surface area (Å²) in [5.74, 6) is 0. The van der Waals surface area contributed by atoms with Gasteiger partial charge in [-0.05, 0) is 13.5 Å². The third-order valence-electron chi connectivity index (χ3n) is 2.31. The van der Waals surface area contributed by atoms with Gasteiger partial charge in [-0.3, -0.25) is 0 Å². The van der Waals surface area contributed by atoms with Gasteiger partial charge in [0.25, 0.3) is 6.01 Å². The van der Waals surface area contributed by atoms with E-state index < -0.39 is 0 Å². The Balaban J connectivity index is 2.52. The molecule has 0 aromatic carbocycles. The quantitative estimate of drug-likeness (QED) is 0.724. The van der Waals surface area contributed by atoms with Gasteiger partial charge in [0.15, 0.2) is 0 Å². The second kappa shape index (κ2) is 7.24. The molecule has 0 spiro atoms. The van der Waals surface area contributed by atoms with Gasteiger partial charge in [-0.15, -0.1) is 0 Å². The van der Waals surface area contributed by atoms with Crippen molar-refractivity contribution in [3.63, 3.8) is 0 Å². The maximum Gasteiger partial charge on any atom is 0.297 e. The first-order valence-corrected chi connectivity index (χ1v) is 5.70. The van der Waals surface area contributed by atoms with E-state index in [1.165, 1.54) is 0 Å². The molecule has 0 amide bonds. The minimum Gasteiger partial charge on any atom is -0.432 e. The molecular formula is C11H21N3O2. The molecular weight excluding hydrogens is 206 g/mol. The minimum absolute atomic E-state index is 0.674. The van der Waals surface area contributed by atoms with Gasteiger partial charge in [-0.1, -0.05) is 6.92 Å². The van der Waals surface area contributed by atoms with E-state index in [4.69, 9.17) is 9.15 Å². The van der Waals surface area contributed by atoms with Crippen LogP contribution in [-0.2, 0) is 11.3 Å². The third kappa shape index (κ3) is 3.83. The number of likely N-dealkylation sites (N-methyl/N-ethyl adjacent to an activating group) is 1. The van der Waals surface area contributed by atoms with E-state index in [0.29, 0.717) is 12.6 Å². The highest BCUT2D eigenvalue weighted by Gasteiger charge is 2.10. The number of nitrogens with one attached hydrogen (secondary N) is 1. The molecule has 0 atom stereocenters. The van der Waals surface area contributed by atoms with Crippen LogP contribution in [0.25, 0.3) is 0 Å². The minimum atomic E-state index is 0.674. The van der Waals surface area contributed by atoms with E-state index in [-0.39, 0.29) is 0 Å². The first-order chi connectivity index (χ1) is 7.81. The van der Waals surface area contributed by atoms with E-state index in [9.17, 15) is 0 Å². The van der Waals surface area contributed by atoms with Crippen molar-refractivity contribution >= 4 is 6.01 Å². The van der Waals surface area contributed by atoms with Gasteiger partial charge in [0.1, 0.15) is 6.26 Å². The Morgan fingerprint density at radius 2 is 2.31 bits per heavy atom. The number of hydrogen-bond donors (Lipinski definition) is 1. The van der Waals surface area contributed by atoms with Gasteiger partial charge in [0.05, 0.1) is 12.3 Å². The van der Waals surface area contributed by atoms with Crippen molar-refractivity contribution in [2.45, 2.75) is 20.4 Å². The maximum atomic E-state index is 5.43. The van der Waals surface area contributed by atoms with Crippen molar-refractivity contribution in [1.29, 1.82) is 0 Å². The van der Waals surface area contributed by atoms with Crippen LogP contribution in [0.3, 0.4) is 0 Å². The fraction of sp³-hybridized carbons (Fsp3) is 0.727. The summed E-state index contributed by atoms with van der Waals surface area (Å²) in [7, 11) is 1.69. The number of rotatable bonds is 8. The van der Waals surface area contributed by atoms with Gasteiger partial charge in [0.2, 0.25) is 0 Å². The molecule has 0 aliphatic carbocycles. The highest BCUT2D eigenvalue weighted by molar-refractivity contribution is 5.26. The lowest BCUT2D eigenvalue weighted by Gasteiger charge is -2.17. The standard InChI is InChI=1S/C11H21N3O2/c1-4-12-8-10-9-16-11(13-10)14(5-2)6-7-15-3/h9,12H,4-8H2,1-3H3. The lowest BCUT2D eigenvalue weighted by atomic mass is 10.5. The molecule has 1 heterocycles. The van der Waals surface area contributed by atoms with Crippen LogP contribution in [0.5, 0.6) is 0 Å². The summed E-state index contributed by atoms with van der Waals surface area (Å²) in [4.78, 5) is 6.47. The first kappa shape index (κ1) is 13.0. The average molecular weight is 227 g/mol. The van der Waals surface area contributed by atoms with Crippen LogP contribution in [0.15, 0.2) is 10.7 Å². The lowest BCUT2D eigenvalue weighted by molar-refractivity contribution is 0.204. The number of nitrogens with zero attached hydrogens (tertiary/aromatic N) is 2. The monoisotopic (exact) mass is 227 g/mol. The highest BCUT2D eigenvalue weighted by Crippen LogP contribution is 2.12. The molecule has 1 aromatic rings. The molecule has 0 saturated heterocycles. The molecule has 1 rings (SSSR count). The number of oxazole rings is 1. The van der Waals surface area contributed by atoms with E-state index >= 15 is 0 Å². The number of methoxy groups -OCH3 is 1. The molecule has 0 aliphatic rings. The van der Waals surface area contributed by atoms with E-state index in [1.807, 2.05) is 0 Å². The summed E-state index contributed by atoms with van der Waals surface area (Å²) >= 11 is 0. The lowest BCUT2D eigenvalue weighted by Crippen LogP contribution is -2.27. The zero-order valence-corrected chi connectivity index (χ0v) is 10.3. The fourth-order valence-corrected chi connectivity index (χ4v) is 1.37. The van der Waals surface area contributed by atoms with Crippen LogP contribution >= 0.6 is 0 Å². The predicted molar refractivity (Wildman–Crippen MR) is 63.6 cm³/mol. The smallest absolute Gasteiger partial charge is 0.297 e. The SMILES string of the molecule is CCNCc1coc(N(CC)CCOC)n1. The van der Waals surface area contributed by atoms with Crippen molar-refractivity contribution < 1.29 is 9.15 Å². The third-order valence-corrected chi connectivity index (χ3v) is 2.31. The number of anilines is 1. The van der Waals surface area contributed by atoms with E-state index in [2.05, 4.69) is 29.0 Å². The fourth-order valence-electron chi connectivity index (χ4n) is 1.37. The largest absolute Gasteiger partial charge is 0.432 e. The van der Waals surface area contributed by atoms with Crippen molar-refractivity contribution in [3.05, 3.63) is 12.0 Å². The summed E-state index contributed by atoms with van der Waals surface area (Å²) in [6, 6.07) is 0.674. The second-order valence-electron chi connectivity index (χ2n) is 3.47. The molecule has 0 bridgehead atoms. The summed E-state index contributed by atoms with van der Waals surface area (Å²) in [5.41, 5.74) is 0.938. The Bertz CT molecular complexity index is 289. The molecule has 0 unspecified atom stereocenters. The number of hydrogen-bond acceptors (Lipinski definition) is 5. The van der Waals surface area contributed by atoms with Crippen LogP contribution in [0.2, 0.25) is 0 Å². The van der Waals surface area contributed by atoms with Crippen molar-refractivity contribution in [2.24, 2.45) is 0 Å². The van der Waals surface area contributed by atoms with E-state index in [0.717, 1.165) is 31.9 Å². The zero-order valence-electron chi connectivity index (χ0n) is 10.3. The van der Waals surface area contributed by atoms with Crippen LogP contribution in [0.1, 0.15) is 19.5 Å². The highest BCUT2D eigenvalue weighted by atomic mass is 16.5. The molecule has 0 aliphatic heterocycles. The maximum absolute atomic E-state index is 5.43. The zero-order chi connectivity index (χ0) is 11.8. The molecule has 0 radical (unpaired) electrons. The van der Waals surface area contributed by atoms with E-state index in [1.54, 1.807) is 13.4 Å². The summed E-state index contributed by atoms with van der Waals surface area (Å²) in [6.07, 6.45) is 1.70. The average Bonchev–Trinajstić information content (AvgIpc) is 2.76. The molecule has 0 saturated carbocycles. The Morgan fingerprint density at radius 1 is 1.50 bits per heavy atom. The normalized spacial score (nSPS) is 10.7. The predicted octanol–water partition coefficient (Wildman–Crippen LogP) is 1.26. The second-order valence-corrected chi connectivity index (χ2v) is 3.47. The van der Waals surface area contributed by atoms with Crippen molar-refractivity contribution in [1.82, 2.24) is 10.3 Å². The summed E-state index contributed by atoms with van der Waals surface area (Å²) in [5, 5.41) is 3.21. The molecule has 5 heteroatoms. The van der Waals surface area contributed by atoms with Gasteiger partial charge in [-0.2, -0.15) is 4.98 Å². The van der Waals surface area contributed by atoms with Gasteiger partial charge in [0, 0.05) is 26.7 Å². The Hall–Kier alpha value is -1.07. The van der Waals surface area contributed by atoms with Crippen LogP contribution in [-0.4, -0.2) is 38.3 Å². The number of aromatic nitrogens is 1. The Morgan fingerprint density at radius 3 is 2.94 bits per heavy atom.